The van der Waals surface area contributed by atoms with Crippen LogP contribution in [0.1, 0.15) is 68.2 Å². The molecule has 20 heavy (non-hydrogen) atoms. The molecule has 0 aliphatic rings. The molecule has 2 N–H and O–H groups in total. The molecule has 0 spiro atoms. The quantitative estimate of drug-likeness (QED) is 0.788. The normalized spacial score (nSPS) is 14.2. The second kappa shape index (κ2) is 7.68. The molecule has 0 amide bonds. The molecule has 0 aromatic heterocycles. The van der Waals surface area contributed by atoms with Crippen LogP contribution in [0, 0.1) is 20.8 Å². The first-order valence-electron chi connectivity index (χ1n) is 7.91. The van der Waals surface area contributed by atoms with E-state index in [1.165, 1.54) is 22.3 Å². The van der Waals surface area contributed by atoms with Crippen molar-refractivity contribution in [1.29, 1.82) is 0 Å². The average molecular weight is 277 g/mol. The summed E-state index contributed by atoms with van der Waals surface area (Å²) in [4.78, 5) is 0. The number of benzene rings is 1. The first-order valence-corrected chi connectivity index (χ1v) is 7.91. The molecule has 0 heterocycles. The lowest BCUT2D eigenvalue weighted by Crippen LogP contribution is -2.19. The molecule has 0 saturated carbocycles. The summed E-state index contributed by atoms with van der Waals surface area (Å²) in [5.74, 6) is 1.59. The molecule has 0 bridgehead atoms. The van der Waals surface area contributed by atoms with Crippen LogP contribution in [0.25, 0.3) is 0 Å². The Morgan fingerprint density at radius 2 is 1.75 bits per heavy atom. The van der Waals surface area contributed by atoms with Crippen LogP contribution in [0.3, 0.4) is 0 Å². The van der Waals surface area contributed by atoms with E-state index in [0.29, 0.717) is 12.0 Å². The van der Waals surface area contributed by atoms with Crippen LogP contribution in [-0.4, -0.2) is 12.6 Å². The van der Waals surface area contributed by atoms with Crippen molar-refractivity contribution >= 4 is 0 Å². The fourth-order valence-electron chi connectivity index (χ4n) is 2.94. The summed E-state index contributed by atoms with van der Waals surface area (Å²) in [7, 11) is 0. The molecular formula is C18H31NO. The smallest absolute Gasteiger partial charge is 0.122 e. The lowest BCUT2D eigenvalue weighted by molar-refractivity contribution is 0.337. The number of rotatable bonds is 7. The van der Waals surface area contributed by atoms with Gasteiger partial charge in [0.15, 0.2) is 0 Å². The number of aryl methyl sites for hydroxylation is 1. The molecule has 1 aromatic rings. The molecule has 0 radical (unpaired) electrons. The largest absolute Gasteiger partial charge is 0.494 e. The number of hydrogen-bond acceptors (Lipinski definition) is 2. The van der Waals surface area contributed by atoms with Gasteiger partial charge in [-0.25, -0.2) is 0 Å². The van der Waals surface area contributed by atoms with Gasteiger partial charge in [0.2, 0.25) is 0 Å². The fourth-order valence-corrected chi connectivity index (χ4v) is 2.94. The van der Waals surface area contributed by atoms with Gasteiger partial charge in [-0.3, -0.25) is 0 Å². The van der Waals surface area contributed by atoms with Crippen LogP contribution in [0.5, 0.6) is 5.75 Å². The van der Waals surface area contributed by atoms with Crippen molar-refractivity contribution in [3.8, 4) is 5.75 Å². The SMILES string of the molecule is CCOc1cc(C)c(C(C)CCC(N)CC)c(C)c1C. The zero-order valence-electron chi connectivity index (χ0n) is 14.0. The molecule has 0 aliphatic carbocycles. The van der Waals surface area contributed by atoms with Gasteiger partial charge in [0.25, 0.3) is 0 Å². The van der Waals surface area contributed by atoms with Crippen molar-refractivity contribution in [2.45, 2.75) is 72.8 Å². The summed E-state index contributed by atoms with van der Waals surface area (Å²) in [6, 6.07) is 2.53. The Hall–Kier alpha value is -1.02. The highest BCUT2D eigenvalue weighted by Gasteiger charge is 2.16. The highest BCUT2D eigenvalue weighted by Crippen LogP contribution is 2.34. The Bertz CT molecular complexity index is 440. The third-order valence-corrected chi connectivity index (χ3v) is 4.40. The molecular weight excluding hydrogens is 246 g/mol. The predicted octanol–water partition coefficient (Wildman–Crippen LogP) is 4.63. The molecule has 0 saturated heterocycles. The highest BCUT2D eigenvalue weighted by molar-refractivity contribution is 5.49. The van der Waals surface area contributed by atoms with Crippen molar-refractivity contribution in [3.05, 3.63) is 28.3 Å². The van der Waals surface area contributed by atoms with Crippen LogP contribution in [0.2, 0.25) is 0 Å². The van der Waals surface area contributed by atoms with Gasteiger partial charge in [0.1, 0.15) is 5.75 Å². The summed E-state index contributed by atoms with van der Waals surface area (Å²) < 4.78 is 5.73. The monoisotopic (exact) mass is 277 g/mol. The number of hydrogen-bond donors (Lipinski definition) is 1. The van der Waals surface area contributed by atoms with Gasteiger partial charge >= 0.3 is 0 Å². The van der Waals surface area contributed by atoms with Gasteiger partial charge in [-0.15, -0.1) is 0 Å². The van der Waals surface area contributed by atoms with E-state index in [9.17, 15) is 0 Å². The third kappa shape index (κ3) is 3.99. The maximum absolute atomic E-state index is 6.05. The summed E-state index contributed by atoms with van der Waals surface area (Å²) >= 11 is 0. The van der Waals surface area contributed by atoms with Gasteiger partial charge in [-0.2, -0.15) is 0 Å². The van der Waals surface area contributed by atoms with Crippen LogP contribution in [0.4, 0.5) is 0 Å². The van der Waals surface area contributed by atoms with Crippen molar-refractivity contribution in [1.82, 2.24) is 0 Å². The van der Waals surface area contributed by atoms with Crippen LogP contribution < -0.4 is 10.5 Å². The Balaban J connectivity index is 2.97. The average Bonchev–Trinajstić information content (AvgIpc) is 2.42. The first-order chi connectivity index (χ1) is 9.42. The van der Waals surface area contributed by atoms with Crippen LogP contribution >= 0.6 is 0 Å². The van der Waals surface area contributed by atoms with E-state index < -0.39 is 0 Å². The second-order valence-electron chi connectivity index (χ2n) is 5.94. The molecule has 2 atom stereocenters. The minimum absolute atomic E-state index is 0.335. The Morgan fingerprint density at radius 3 is 2.30 bits per heavy atom. The van der Waals surface area contributed by atoms with Crippen molar-refractivity contribution in [3.63, 3.8) is 0 Å². The standard InChI is InChI=1S/C18H31NO/c1-7-16(19)10-9-12(3)18-13(4)11-17(20-8-2)14(5)15(18)6/h11-12,16H,7-10,19H2,1-6H3. The Labute approximate surface area is 124 Å². The van der Waals surface area contributed by atoms with Gasteiger partial charge in [-0.1, -0.05) is 13.8 Å². The van der Waals surface area contributed by atoms with E-state index in [1.807, 2.05) is 6.92 Å². The molecule has 2 unspecified atom stereocenters. The minimum atomic E-state index is 0.335. The first kappa shape index (κ1) is 17.0. The van der Waals surface area contributed by atoms with E-state index in [0.717, 1.165) is 31.6 Å². The van der Waals surface area contributed by atoms with E-state index in [-0.39, 0.29) is 0 Å². The van der Waals surface area contributed by atoms with E-state index in [1.54, 1.807) is 0 Å². The lowest BCUT2D eigenvalue weighted by atomic mass is 9.85. The predicted molar refractivity (Wildman–Crippen MR) is 87.7 cm³/mol. The molecule has 1 aromatic carbocycles. The van der Waals surface area contributed by atoms with Gasteiger partial charge in [0.05, 0.1) is 6.61 Å². The lowest BCUT2D eigenvalue weighted by Gasteiger charge is -2.22. The van der Waals surface area contributed by atoms with Gasteiger partial charge < -0.3 is 10.5 Å². The Morgan fingerprint density at radius 1 is 1.10 bits per heavy atom. The molecule has 2 heteroatoms. The molecule has 114 valence electrons. The second-order valence-corrected chi connectivity index (χ2v) is 5.94. The third-order valence-electron chi connectivity index (χ3n) is 4.40. The van der Waals surface area contributed by atoms with Crippen LogP contribution in [-0.2, 0) is 0 Å². The van der Waals surface area contributed by atoms with E-state index >= 15 is 0 Å². The summed E-state index contributed by atoms with van der Waals surface area (Å²) in [6.07, 6.45) is 3.32. The van der Waals surface area contributed by atoms with Crippen molar-refractivity contribution in [2.24, 2.45) is 5.73 Å². The van der Waals surface area contributed by atoms with E-state index in [2.05, 4.69) is 40.7 Å². The molecule has 0 fully saturated rings. The topological polar surface area (TPSA) is 35.2 Å². The summed E-state index contributed by atoms with van der Waals surface area (Å²) in [5, 5.41) is 0. The maximum atomic E-state index is 6.05. The molecule has 0 aliphatic heterocycles. The van der Waals surface area contributed by atoms with Gasteiger partial charge in [0, 0.05) is 6.04 Å². The van der Waals surface area contributed by atoms with Crippen molar-refractivity contribution in [2.75, 3.05) is 6.61 Å². The van der Waals surface area contributed by atoms with E-state index in [4.69, 9.17) is 10.5 Å². The van der Waals surface area contributed by atoms with Crippen molar-refractivity contribution < 1.29 is 4.74 Å². The molecule has 1 rings (SSSR count). The zero-order valence-corrected chi connectivity index (χ0v) is 14.0. The highest BCUT2D eigenvalue weighted by atomic mass is 16.5. The number of nitrogens with two attached hydrogens (primary N) is 1. The number of ether oxygens (including phenoxy) is 1. The van der Waals surface area contributed by atoms with Gasteiger partial charge in [-0.05, 0) is 81.2 Å². The maximum Gasteiger partial charge on any atom is 0.122 e. The molecule has 2 nitrogen and oxygen atoms in total. The summed E-state index contributed by atoms with van der Waals surface area (Å²) in [6.45, 7) is 13.8. The fraction of sp³-hybridized carbons (Fsp3) is 0.667. The van der Waals surface area contributed by atoms with Crippen LogP contribution in [0.15, 0.2) is 6.07 Å². The zero-order chi connectivity index (χ0) is 15.3. The summed E-state index contributed by atoms with van der Waals surface area (Å²) in [5.41, 5.74) is 11.5. The minimum Gasteiger partial charge on any atom is -0.494 e. The Kier molecular flexibility index (Phi) is 6.54.